The number of amides is 2. The fourth-order valence-corrected chi connectivity index (χ4v) is 3.53. The van der Waals surface area contributed by atoms with E-state index in [0.717, 1.165) is 16.9 Å². The van der Waals surface area contributed by atoms with Crippen LogP contribution in [0.2, 0.25) is 0 Å². The van der Waals surface area contributed by atoms with Gasteiger partial charge in [0.15, 0.2) is 5.82 Å². The van der Waals surface area contributed by atoms with Gasteiger partial charge in [-0.2, -0.15) is 20.1 Å². The molecule has 34 heavy (non-hydrogen) atoms. The van der Waals surface area contributed by atoms with Gasteiger partial charge in [0.1, 0.15) is 0 Å². The van der Waals surface area contributed by atoms with Crippen LogP contribution in [-0.2, 0) is 4.74 Å². The van der Waals surface area contributed by atoms with Crippen LogP contribution in [-0.4, -0.2) is 57.1 Å². The number of anilines is 3. The number of nitrogens with one attached hydrogen (secondary N) is 2. The van der Waals surface area contributed by atoms with Gasteiger partial charge in [0, 0.05) is 36.2 Å². The van der Waals surface area contributed by atoms with Gasteiger partial charge in [-0.15, -0.1) is 0 Å². The van der Waals surface area contributed by atoms with Gasteiger partial charge in [0.05, 0.1) is 18.9 Å². The topological polar surface area (TPSA) is 110 Å². The first-order chi connectivity index (χ1) is 16.6. The van der Waals surface area contributed by atoms with Gasteiger partial charge >= 0.3 is 6.03 Å². The smallest absolute Gasteiger partial charge is 0.323 e. The van der Waals surface area contributed by atoms with E-state index in [1.807, 2.05) is 73.8 Å². The van der Waals surface area contributed by atoms with Crippen LogP contribution in [0.4, 0.5) is 22.1 Å². The van der Waals surface area contributed by atoms with Crippen molar-refractivity contribution in [3.05, 3.63) is 72.6 Å². The third-order valence-electron chi connectivity index (χ3n) is 5.27. The van der Waals surface area contributed by atoms with E-state index in [9.17, 15) is 4.79 Å². The maximum absolute atomic E-state index is 12.3. The average molecular weight is 457 g/mol. The van der Waals surface area contributed by atoms with Crippen molar-refractivity contribution in [2.24, 2.45) is 0 Å². The van der Waals surface area contributed by atoms with Crippen LogP contribution in [0.3, 0.4) is 0 Å². The number of nitrogens with zero attached hydrogens (tertiary/aromatic N) is 6. The van der Waals surface area contributed by atoms with E-state index in [4.69, 9.17) is 9.72 Å². The highest BCUT2D eigenvalue weighted by atomic mass is 16.5. The van der Waals surface area contributed by atoms with Crippen LogP contribution in [0, 0.1) is 6.92 Å². The van der Waals surface area contributed by atoms with Gasteiger partial charge in [0.2, 0.25) is 5.95 Å². The molecule has 0 saturated carbocycles. The maximum Gasteiger partial charge on any atom is 0.323 e. The van der Waals surface area contributed by atoms with Gasteiger partial charge in [-0.05, 0) is 49.4 Å². The third-order valence-corrected chi connectivity index (χ3v) is 5.27. The Kier molecular flexibility index (Phi) is 6.13. The number of aromatic nitrogens is 5. The molecule has 0 spiro atoms. The largest absolute Gasteiger partial charge is 0.378 e. The number of carbonyl (C=O) groups is 1. The Bertz CT molecular complexity index is 1270. The molecule has 10 nitrogen and oxygen atoms in total. The summed E-state index contributed by atoms with van der Waals surface area (Å²) < 4.78 is 7.11. The lowest BCUT2D eigenvalue weighted by Crippen LogP contribution is -2.37. The molecule has 1 aliphatic heterocycles. The monoisotopic (exact) mass is 456 g/mol. The van der Waals surface area contributed by atoms with Crippen LogP contribution in [0.1, 0.15) is 5.69 Å². The predicted octanol–water partition coefficient (Wildman–Crippen LogP) is 3.51. The highest BCUT2D eigenvalue weighted by molar-refractivity contribution is 5.99. The number of urea groups is 1. The first-order valence-corrected chi connectivity index (χ1v) is 11.0. The highest BCUT2D eigenvalue weighted by Gasteiger charge is 2.18. The number of morpholine rings is 1. The second kappa shape index (κ2) is 9.67. The van der Waals surface area contributed by atoms with E-state index in [-0.39, 0.29) is 6.03 Å². The predicted molar refractivity (Wildman–Crippen MR) is 129 cm³/mol. The van der Waals surface area contributed by atoms with Crippen molar-refractivity contribution in [2.75, 3.05) is 41.8 Å². The Morgan fingerprint density at radius 2 is 1.53 bits per heavy atom. The quantitative estimate of drug-likeness (QED) is 0.473. The first kappa shape index (κ1) is 21.5. The molecule has 1 aliphatic rings. The zero-order chi connectivity index (χ0) is 23.3. The Labute approximate surface area is 196 Å². The molecule has 3 heterocycles. The fraction of sp³-hybridized carbons (Fsp3) is 0.208. The van der Waals surface area contributed by atoms with E-state index >= 15 is 0 Å². The van der Waals surface area contributed by atoms with Crippen molar-refractivity contribution in [3.63, 3.8) is 0 Å². The molecule has 0 bridgehead atoms. The summed E-state index contributed by atoms with van der Waals surface area (Å²) in [5, 5.41) is 10.1. The number of rotatable bonds is 5. The molecule has 2 N–H and O–H groups in total. The molecule has 172 valence electrons. The number of ether oxygens (including phenoxy) is 1. The minimum absolute atomic E-state index is 0.315. The van der Waals surface area contributed by atoms with Crippen LogP contribution >= 0.6 is 0 Å². The third kappa shape index (κ3) is 5.02. The lowest BCUT2D eigenvalue weighted by Gasteiger charge is -2.27. The molecular weight excluding hydrogens is 432 g/mol. The zero-order valence-corrected chi connectivity index (χ0v) is 18.7. The number of hydrogen-bond acceptors (Lipinski definition) is 7. The Hall–Kier alpha value is -4.31. The Morgan fingerprint density at radius 1 is 0.853 bits per heavy atom. The minimum atomic E-state index is -0.315. The van der Waals surface area contributed by atoms with Crippen LogP contribution in [0.5, 0.6) is 0 Å². The van der Waals surface area contributed by atoms with Gasteiger partial charge in [-0.3, -0.25) is 0 Å². The van der Waals surface area contributed by atoms with Gasteiger partial charge in [-0.25, -0.2) is 9.48 Å². The Morgan fingerprint density at radius 3 is 2.21 bits per heavy atom. The second-order valence-electron chi connectivity index (χ2n) is 7.78. The summed E-state index contributed by atoms with van der Waals surface area (Å²) in [6, 6.07) is 18.2. The van der Waals surface area contributed by atoms with E-state index < -0.39 is 0 Å². The average Bonchev–Trinajstić information content (AvgIpc) is 3.32. The summed E-state index contributed by atoms with van der Waals surface area (Å²) in [6.45, 7) is 4.59. The number of carbonyl (C=O) groups excluding carboxylic acids is 1. The van der Waals surface area contributed by atoms with Crippen molar-refractivity contribution in [3.8, 4) is 17.3 Å². The molecular formula is C24H24N8O2. The number of hydrogen-bond donors (Lipinski definition) is 2. The highest BCUT2D eigenvalue weighted by Crippen LogP contribution is 2.22. The summed E-state index contributed by atoms with van der Waals surface area (Å²) >= 11 is 0. The molecule has 1 saturated heterocycles. The zero-order valence-electron chi connectivity index (χ0n) is 18.7. The number of aryl methyl sites for hydroxylation is 1. The molecule has 0 atom stereocenters. The van der Waals surface area contributed by atoms with Crippen molar-refractivity contribution in [1.82, 2.24) is 24.7 Å². The normalized spacial score (nSPS) is 13.5. The summed E-state index contributed by atoms with van der Waals surface area (Å²) in [5.74, 6) is 1.56. The van der Waals surface area contributed by atoms with Crippen molar-refractivity contribution in [2.45, 2.75) is 6.92 Å². The molecule has 1 fully saturated rings. The van der Waals surface area contributed by atoms with E-state index in [1.165, 1.54) is 0 Å². The van der Waals surface area contributed by atoms with Gasteiger partial charge in [0.25, 0.3) is 5.95 Å². The molecule has 2 amide bonds. The summed E-state index contributed by atoms with van der Waals surface area (Å²) in [6.07, 6.45) is 1.83. The lowest BCUT2D eigenvalue weighted by atomic mass is 10.2. The summed E-state index contributed by atoms with van der Waals surface area (Å²) in [4.78, 5) is 28.4. The summed E-state index contributed by atoms with van der Waals surface area (Å²) in [5.41, 5.74) is 3.05. The second-order valence-corrected chi connectivity index (χ2v) is 7.78. The van der Waals surface area contributed by atoms with Gasteiger partial charge in [-0.1, -0.05) is 18.2 Å². The number of benzene rings is 2. The Balaban J connectivity index is 1.39. The van der Waals surface area contributed by atoms with Crippen molar-refractivity contribution < 1.29 is 9.53 Å². The minimum Gasteiger partial charge on any atom is -0.378 e. The first-order valence-electron chi connectivity index (χ1n) is 11.0. The molecule has 5 rings (SSSR count). The number of para-hydroxylation sites is 1. The van der Waals surface area contributed by atoms with E-state index in [1.54, 1.807) is 4.68 Å². The maximum atomic E-state index is 12.3. The van der Waals surface area contributed by atoms with E-state index in [0.29, 0.717) is 49.7 Å². The SMILES string of the molecule is Cc1ccn(-c2nc(-c3ccc(NC(=O)Nc4ccccc4)cc3)nc(N3CCOCC3)n2)n1. The lowest BCUT2D eigenvalue weighted by molar-refractivity contribution is 0.122. The van der Waals surface area contributed by atoms with Crippen LogP contribution in [0.15, 0.2) is 66.9 Å². The fourth-order valence-electron chi connectivity index (χ4n) is 3.53. The standard InChI is InChI=1S/C24H24N8O2/c1-17-11-12-32(30-17)23-28-21(27-22(29-23)31-13-15-34-16-14-31)18-7-9-20(10-8-18)26-24(33)25-19-5-3-2-4-6-19/h2-12H,13-16H2,1H3,(H2,25,26,33). The summed E-state index contributed by atoms with van der Waals surface area (Å²) in [7, 11) is 0. The molecule has 10 heteroatoms. The molecule has 2 aromatic heterocycles. The van der Waals surface area contributed by atoms with Crippen LogP contribution < -0.4 is 15.5 Å². The molecule has 2 aromatic carbocycles. The molecule has 0 unspecified atom stereocenters. The molecule has 0 aliphatic carbocycles. The van der Waals surface area contributed by atoms with Crippen molar-refractivity contribution >= 4 is 23.4 Å². The molecule has 4 aromatic rings. The van der Waals surface area contributed by atoms with Gasteiger partial charge < -0.3 is 20.3 Å². The van der Waals surface area contributed by atoms with E-state index in [2.05, 4.69) is 30.6 Å². The van der Waals surface area contributed by atoms with Crippen molar-refractivity contribution in [1.29, 1.82) is 0 Å². The molecule has 0 radical (unpaired) electrons. The van der Waals surface area contributed by atoms with Crippen LogP contribution in [0.25, 0.3) is 17.3 Å².